The molecule has 0 aromatic heterocycles. The Kier molecular flexibility index (Phi) is 3.53. The largest absolute Gasteiger partial charge is 0.493 e. The van der Waals surface area contributed by atoms with Gasteiger partial charge in [0.05, 0.1) is 6.61 Å². The molecule has 66 valence electrons. The average Bonchev–Trinajstić information content (AvgIpc) is 2.07. The van der Waals surface area contributed by atoms with Crippen LogP contribution in [0.5, 0.6) is 5.75 Å². The van der Waals surface area contributed by atoms with Crippen LogP contribution in [-0.2, 0) is 0 Å². The SMILES string of the molecule is Cc1cc(OCCBr)ccc1F. The lowest BCUT2D eigenvalue weighted by molar-refractivity contribution is 0.344. The number of rotatable bonds is 3. The molecule has 12 heavy (non-hydrogen) atoms. The summed E-state index contributed by atoms with van der Waals surface area (Å²) < 4.78 is 18.0. The van der Waals surface area contributed by atoms with Crippen LogP contribution in [0.3, 0.4) is 0 Å². The Morgan fingerprint density at radius 2 is 2.25 bits per heavy atom. The van der Waals surface area contributed by atoms with Gasteiger partial charge in [0.1, 0.15) is 11.6 Å². The molecular formula is C9H10BrFO. The summed E-state index contributed by atoms with van der Waals surface area (Å²) in [6.07, 6.45) is 0. The number of benzene rings is 1. The second-order valence-electron chi connectivity index (χ2n) is 2.45. The van der Waals surface area contributed by atoms with Crippen molar-refractivity contribution in [3.05, 3.63) is 29.6 Å². The van der Waals surface area contributed by atoms with E-state index in [1.165, 1.54) is 6.07 Å². The molecule has 3 heteroatoms. The molecule has 0 atom stereocenters. The van der Waals surface area contributed by atoms with Gasteiger partial charge in [-0.25, -0.2) is 4.39 Å². The third-order valence-electron chi connectivity index (χ3n) is 1.48. The zero-order valence-corrected chi connectivity index (χ0v) is 8.40. The van der Waals surface area contributed by atoms with Crippen molar-refractivity contribution in [2.45, 2.75) is 6.92 Å². The average molecular weight is 233 g/mol. The molecule has 0 spiro atoms. The van der Waals surface area contributed by atoms with Gasteiger partial charge in [0.25, 0.3) is 0 Å². The molecule has 0 bridgehead atoms. The summed E-state index contributed by atoms with van der Waals surface area (Å²) in [5.41, 5.74) is 0.613. The molecule has 0 fully saturated rings. The first-order valence-electron chi connectivity index (χ1n) is 3.69. The molecule has 1 aromatic rings. The summed E-state index contributed by atoms with van der Waals surface area (Å²) in [7, 11) is 0. The van der Waals surface area contributed by atoms with E-state index in [0.29, 0.717) is 17.9 Å². The fourth-order valence-corrected chi connectivity index (χ4v) is 1.03. The Labute approximate surface area is 79.7 Å². The molecule has 0 aliphatic carbocycles. The van der Waals surface area contributed by atoms with Gasteiger partial charge in [-0.1, -0.05) is 15.9 Å². The van der Waals surface area contributed by atoms with Gasteiger partial charge in [0, 0.05) is 5.33 Å². The van der Waals surface area contributed by atoms with Crippen LogP contribution >= 0.6 is 15.9 Å². The first kappa shape index (κ1) is 9.52. The third-order valence-corrected chi connectivity index (χ3v) is 1.80. The second-order valence-corrected chi connectivity index (χ2v) is 3.24. The van der Waals surface area contributed by atoms with Crippen molar-refractivity contribution in [3.63, 3.8) is 0 Å². The maximum Gasteiger partial charge on any atom is 0.126 e. The van der Waals surface area contributed by atoms with Gasteiger partial charge in [-0.2, -0.15) is 0 Å². The van der Waals surface area contributed by atoms with E-state index in [0.717, 1.165) is 5.33 Å². The molecule has 1 aromatic carbocycles. The quantitative estimate of drug-likeness (QED) is 0.729. The number of hydrogen-bond donors (Lipinski definition) is 0. The van der Waals surface area contributed by atoms with Crippen molar-refractivity contribution >= 4 is 15.9 Å². The summed E-state index contributed by atoms with van der Waals surface area (Å²) >= 11 is 3.24. The summed E-state index contributed by atoms with van der Waals surface area (Å²) in [4.78, 5) is 0. The van der Waals surface area contributed by atoms with Gasteiger partial charge in [-0.15, -0.1) is 0 Å². The van der Waals surface area contributed by atoms with E-state index in [1.54, 1.807) is 19.1 Å². The van der Waals surface area contributed by atoms with Gasteiger partial charge in [-0.3, -0.25) is 0 Å². The van der Waals surface area contributed by atoms with Crippen LogP contribution < -0.4 is 4.74 Å². The van der Waals surface area contributed by atoms with Crippen molar-refractivity contribution in [1.82, 2.24) is 0 Å². The van der Waals surface area contributed by atoms with E-state index in [2.05, 4.69) is 15.9 Å². The van der Waals surface area contributed by atoms with Crippen molar-refractivity contribution in [2.75, 3.05) is 11.9 Å². The van der Waals surface area contributed by atoms with E-state index in [-0.39, 0.29) is 5.82 Å². The number of alkyl halides is 1. The maximum atomic E-state index is 12.8. The highest BCUT2D eigenvalue weighted by Gasteiger charge is 1.98. The number of halogens is 2. The van der Waals surface area contributed by atoms with Crippen molar-refractivity contribution in [3.8, 4) is 5.75 Å². The molecule has 0 aliphatic rings. The van der Waals surface area contributed by atoms with E-state index in [4.69, 9.17) is 4.74 Å². The second kappa shape index (κ2) is 4.45. The minimum Gasteiger partial charge on any atom is -0.493 e. The van der Waals surface area contributed by atoms with Gasteiger partial charge in [0.15, 0.2) is 0 Å². The topological polar surface area (TPSA) is 9.23 Å². The first-order chi connectivity index (χ1) is 5.74. The number of aryl methyl sites for hydroxylation is 1. The summed E-state index contributed by atoms with van der Waals surface area (Å²) in [6.45, 7) is 2.32. The maximum absolute atomic E-state index is 12.8. The van der Waals surface area contributed by atoms with Crippen LogP contribution in [0.2, 0.25) is 0 Å². The molecule has 1 rings (SSSR count). The molecule has 0 saturated carbocycles. The molecular weight excluding hydrogens is 223 g/mol. The van der Waals surface area contributed by atoms with Gasteiger partial charge in [-0.05, 0) is 30.7 Å². The van der Waals surface area contributed by atoms with Crippen LogP contribution in [0, 0.1) is 12.7 Å². The fourth-order valence-electron chi connectivity index (χ4n) is 0.863. The van der Waals surface area contributed by atoms with Crippen LogP contribution in [-0.4, -0.2) is 11.9 Å². The number of ether oxygens (including phenoxy) is 1. The van der Waals surface area contributed by atoms with Crippen LogP contribution in [0.15, 0.2) is 18.2 Å². The standard InChI is InChI=1S/C9H10BrFO/c1-7-6-8(12-5-4-10)2-3-9(7)11/h2-3,6H,4-5H2,1H3. The molecule has 0 radical (unpaired) electrons. The highest BCUT2D eigenvalue weighted by atomic mass is 79.9. The molecule has 0 unspecified atom stereocenters. The molecule has 0 N–H and O–H groups in total. The van der Waals surface area contributed by atoms with Crippen LogP contribution in [0.4, 0.5) is 4.39 Å². The zero-order chi connectivity index (χ0) is 8.97. The van der Waals surface area contributed by atoms with Crippen molar-refractivity contribution in [2.24, 2.45) is 0 Å². The van der Waals surface area contributed by atoms with Crippen molar-refractivity contribution in [1.29, 1.82) is 0 Å². The Hall–Kier alpha value is -0.570. The molecule has 0 aliphatic heterocycles. The normalized spacial score (nSPS) is 9.92. The van der Waals surface area contributed by atoms with E-state index < -0.39 is 0 Å². The van der Waals surface area contributed by atoms with Crippen molar-refractivity contribution < 1.29 is 9.13 Å². The Balaban J connectivity index is 2.69. The minimum atomic E-state index is -0.193. The molecule has 1 nitrogen and oxygen atoms in total. The van der Waals surface area contributed by atoms with Crippen LogP contribution in [0.25, 0.3) is 0 Å². The monoisotopic (exact) mass is 232 g/mol. The smallest absolute Gasteiger partial charge is 0.126 e. The lowest BCUT2D eigenvalue weighted by Gasteiger charge is -2.04. The lowest BCUT2D eigenvalue weighted by atomic mass is 10.2. The molecule has 0 saturated heterocycles. The first-order valence-corrected chi connectivity index (χ1v) is 4.81. The lowest BCUT2D eigenvalue weighted by Crippen LogP contribution is -1.98. The Bertz CT molecular complexity index is 263. The third kappa shape index (κ3) is 2.48. The molecule has 0 amide bonds. The Morgan fingerprint density at radius 1 is 1.50 bits per heavy atom. The van der Waals surface area contributed by atoms with Gasteiger partial charge < -0.3 is 4.74 Å². The predicted octanol–water partition coefficient (Wildman–Crippen LogP) is 2.91. The Morgan fingerprint density at radius 3 is 2.83 bits per heavy atom. The van der Waals surface area contributed by atoms with Gasteiger partial charge >= 0.3 is 0 Å². The number of hydrogen-bond acceptors (Lipinski definition) is 1. The van der Waals surface area contributed by atoms with E-state index in [9.17, 15) is 4.39 Å². The highest BCUT2D eigenvalue weighted by Crippen LogP contribution is 2.15. The molecule has 0 heterocycles. The fraction of sp³-hybridized carbons (Fsp3) is 0.333. The van der Waals surface area contributed by atoms with Crippen LogP contribution in [0.1, 0.15) is 5.56 Å². The highest BCUT2D eigenvalue weighted by molar-refractivity contribution is 9.09. The summed E-state index contributed by atoms with van der Waals surface area (Å²) in [5, 5.41) is 0.781. The summed E-state index contributed by atoms with van der Waals surface area (Å²) in [5.74, 6) is 0.523. The van der Waals surface area contributed by atoms with E-state index >= 15 is 0 Å². The minimum absolute atomic E-state index is 0.193. The zero-order valence-electron chi connectivity index (χ0n) is 6.81. The van der Waals surface area contributed by atoms with E-state index in [1.807, 2.05) is 0 Å². The predicted molar refractivity (Wildman–Crippen MR) is 50.4 cm³/mol. The van der Waals surface area contributed by atoms with Gasteiger partial charge in [0.2, 0.25) is 0 Å². The summed E-state index contributed by atoms with van der Waals surface area (Å²) in [6, 6.07) is 4.74.